The minimum absolute atomic E-state index is 0.0213. The molecule has 0 amide bonds. The van der Waals surface area contributed by atoms with Crippen molar-refractivity contribution in [2.75, 3.05) is 0 Å². The van der Waals surface area contributed by atoms with Crippen molar-refractivity contribution < 1.29 is 45.8 Å². The van der Waals surface area contributed by atoms with Crippen LogP contribution in [0, 0.1) is 0 Å². The fourth-order valence-corrected chi connectivity index (χ4v) is 7.48. The number of carboxylic acid groups (broad SMARTS) is 1. The number of nitrogens with zero attached hydrogens (tertiary/aromatic N) is 3. The summed E-state index contributed by atoms with van der Waals surface area (Å²) in [5.41, 5.74) is 0.205. The maximum atomic E-state index is 14.2. The number of aryl methyl sites for hydroxylation is 2. The van der Waals surface area contributed by atoms with Crippen LogP contribution in [0.1, 0.15) is 32.6 Å². The van der Waals surface area contributed by atoms with Crippen LogP contribution in [0.15, 0.2) is 80.0 Å². The van der Waals surface area contributed by atoms with Crippen molar-refractivity contribution in [1.82, 2.24) is 13.9 Å². The quantitative estimate of drug-likeness (QED) is 0.0860. The number of unbranched alkanes of at least 4 members (excludes halogenated alkanes) is 2. The van der Waals surface area contributed by atoms with E-state index in [2.05, 4.69) is 0 Å². The number of benzene rings is 3. The van der Waals surface area contributed by atoms with Gasteiger partial charge < -0.3 is 24.5 Å². The Morgan fingerprint density at radius 2 is 1.20 bits per heavy atom. The van der Waals surface area contributed by atoms with Gasteiger partial charge in [-0.3, -0.25) is 23.2 Å². The Morgan fingerprint density at radius 3 is 1.76 bits per heavy atom. The first-order chi connectivity index (χ1) is 23.1. The van der Waals surface area contributed by atoms with Gasteiger partial charge in [-0.1, -0.05) is 11.2 Å². The Bertz CT molecular complexity index is 2670. The van der Waals surface area contributed by atoms with Crippen molar-refractivity contribution in [3.8, 4) is 11.8 Å². The van der Waals surface area contributed by atoms with Gasteiger partial charge in [-0.2, -0.15) is 16.8 Å². The van der Waals surface area contributed by atoms with Crippen LogP contribution in [0.25, 0.3) is 43.6 Å². The van der Waals surface area contributed by atoms with Gasteiger partial charge in [-0.25, -0.2) is 0 Å². The van der Waals surface area contributed by atoms with Crippen LogP contribution < -0.4 is 15.1 Å². The fraction of sp³-hybridized carbons (Fsp3) is 0.219. The van der Waals surface area contributed by atoms with Crippen molar-refractivity contribution in [1.29, 1.82) is 0 Å². The van der Waals surface area contributed by atoms with E-state index in [-0.39, 0.29) is 34.5 Å². The highest BCUT2D eigenvalue weighted by molar-refractivity contribution is 7.87. The van der Waals surface area contributed by atoms with Gasteiger partial charge in [0, 0.05) is 53.2 Å². The highest BCUT2D eigenvalue weighted by atomic mass is 32.2. The third-order valence-electron chi connectivity index (χ3n) is 8.34. The van der Waals surface area contributed by atoms with E-state index in [1.165, 1.54) is 30.3 Å². The van der Waals surface area contributed by atoms with Gasteiger partial charge >= 0.3 is 16.1 Å². The second-order valence-corrected chi connectivity index (χ2v) is 14.3. The number of pyridine rings is 2. The zero-order chi connectivity index (χ0) is 35.4. The third kappa shape index (κ3) is 5.96. The Hall–Kier alpha value is -5.39. The van der Waals surface area contributed by atoms with Crippen molar-refractivity contribution in [2.45, 2.75) is 55.5 Å². The van der Waals surface area contributed by atoms with E-state index in [4.69, 9.17) is 9.39 Å². The summed E-state index contributed by atoms with van der Waals surface area (Å²) in [5, 5.41) is 29.1. The molecule has 49 heavy (non-hydrogen) atoms. The minimum Gasteiger partial charge on any atom is -0.492 e. The number of carbonyl (C=O) groups is 1. The van der Waals surface area contributed by atoms with E-state index in [1.54, 1.807) is 16.1 Å². The van der Waals surface area contributed by atoms with Crippen LogP contribution in [0.4, 0.5) is 0 Å². The molecule has 6 rings (SSSR count). The molecular weight excluding hydrogens is 682 g/mol. The van der Waals surface area contributed by atoms with E-state index in [1.807, 2.05) is 0 Å². The number of rotatable bonds is 11. The summed E-state index contributed by atoms with van der Waals surface area (Å²) in [5.74, 6) is -2.32. The van der Waals surface area contributed by atoms with Crippen molar-refractivity contribution in [3.63, 3.8) is 0 Å². The molecule has 0 aliphatic carbocycles. The van der Waals surface area contributed by atoms with E-state index in [9.17, 15) is 46.0 Å². The molecule has 3 aromatic heterocycles. The van der Waals surface area contributed by atoms with E-state index < -0.39 is 58.6 Å². The van der Waals surface area contributed by atoms with Crippen LogP contribution in [0.5, 0.6) is 11.8 Å². The molecule has 17 heteroatoms. The molecule has 0 fully saturated rings. The molecule has 0 saturated heterocycles. The normalized spacial score (nSPS) is 12.4. The molecule has 0 bridgehead atoms. The Morgan fingerprint density at radius 1 is 0.694 bits per heavy atom. The van der Waals surface area contributed by atoms with Gasteiger partial charge in [-0.05, 0) is 68.3 Å². The summed E-state index contributed by atoms with van der Waals surface area (Å²) < 4.78 is 68.4. The number of fused-ring (bicyclic) bond motifs is 4. The largest absolute Gasteiger partial charge is 0.492 e. The Balaban J connectivity index is 1.62. The van der Waals surface area contributed by atoms with E-state index >= 15 is 0 Å². The second kappa shape index (κ2) is 12.2. The smallest absolute Gasteiger partial charge is 0.357 e. The first-order valence-electron chi connectivity index (χ1n) is 15.0. The van der Waals surface area contributed by atoms with Crippen LogP contribution in [-0.4, -0.2) is 56.5 Å². The van der Waals surface area contributed by atoms with E-state index in [0.29, 0.717) is 52.6 Å². The van der Waals surface area contributed by atoms with Crippen LogP contribution in [0.3, 0.4) is 0 Å². The third-order valence-corrected chi connectivity index (χ3v) is 10.4. The molecule has 0 atom stereocenters. The lowest BCUT2D eigenvalue weighted by molar-refractivity contribution is -0.137. The lowest BCUT2D eigenvalue weighted by Crippen LogP contribution is -2.20. The summed E-state index contributed by atoms with van der Waals surface area (Å²) in [7, 11) is -9.31. The number of aromatic nitrogens is 3. The number of carboxylic acids is 1. The Kier molecular flexibility index (Phi) is 8.38. The maximum absolute atomic E-state index is 14.2. The van der Waals surface area contributed by atoms with Crippen LogP contribution >= 0.6 is 0 Å². The summed E-state index contributed by atoms with van der Waals surface area (Å²) in [6.45, 7) is 2.33. The number of aromatic hydroxyl groups is 2. The number of hydrogen-bond acceptors (Lipinski definition) is 10. The Labute approximate surface area is 277 Å². The molecule has 0 aliphatic heterocycles. The van der Waals surface area contributed by atoms with Crippen molar-refractivity contribution in [2.24, 2.45) is 0 Å². The lowest BCUT2D eigenvalue weighted by atomic mass is 10.0. The summed E-state index contributed by atoms with van der Waals surface area (Å²) >= 11 is 0. The van der Waals surface area contributed by atoms with Gasteiger partial charge in [0.25, 0.3) is 10.1 Å². The molecule has 0 unspecified atom stereocenters. The zero-order valence-electron chi connectivity index (χ0n) is 25.7. The lowest BCUT2D eigenvalue weighted by Gasteiger charge is -2.19. The summed E-state index contributed by atoms with van der Waals surface area (Å²) in [4.78, 5) is 38.2. The topological polar surface area (TPSA) is 224 Å². The SMILES string of the molecule is CCn1c2ccc(S(=O)(=O)O)cc2c(=O)c2cc3c(cc21)c(=O)c1cc(S(=O)(=O)On2c(O)ccc2O)ccc1n3CCCCCC(=O)O. The molecule has 15 nitrogen and oxygen atoms in total. The molecule has 0 radical (unpaired) electrons. The predicted octanol–water partition coefficient (Wildman–Crippen LogP) is 3.56. The second-order valence-electron chi connectivity index (χ2n) is 11.4. The van der Waals surface area contributed by atoms with Crippen LogP contribution in [0.2, 0.25) is 0 Å². The maximum Gasteiger partial charge on any atom is 0.357 e. The monoisotopic (exact) mass is 711 g/mol. The predicted molar refractivity (Wildman–Crippen MR) is 178 cm³/mol. The standard InChI is InChI=1S/C32H29N3O12S2/c1-2-33-24-9-7-18(48(42,43)44)14-20(24)31(40)22-17-27-23(16-26(22)33)32(41)21-15-19(49(45,46)47-35-28(36)11-12-29(35)37)8-10-25(21)34(27)13-5-3-4-6-30(38)39/h7-12,14-17,36-37H,2-6,13H2,1H3,(H,38,39)(H,42,43,44). The fourth-order valence-electron chi connectivity index (χ4n) is 6.04. The van der Waals surface area contributed by atoms with Crippen LogP contribution in [-0.2, 0) is 38.1 Å². The molecule has 4 N–H and O–H groups in total. The van der Waals surface area contributed by atoms with Gasteiger partial charge in [0.05, 0.1) is 27.0 Å². The summed E-state index contributed by atoms with van der Waals surface area (Å²) in [6, 6.07) is 12.4. The highest BCUT2D eigenvalue weighted by Gasteiger charge is 2.24. The summed E-state index contributed by atoms with van der Waals surface area (Å²) in [6.07, 6.45) is 1.31. The number of hydrogen-bond donors (Lipinski definition) is 4. The van der Waals surface area contributed by atoms with Gasteiger partial charge in [0.2, 0.25) is 11.8 Å². The van der Waals surface area contributed by atoms with Gasteiger partial charge in [-0.15, -0.1) is 0 Å². The molecule has 0 spiro atoms. The minimum atomic E-state index is -4.69. The van der Waals surface area contributed by atoms with Crippen molar-refractivity contribution in [3.05, 3.63) is 81.1 Å². The molecular formula is C32H29N3O12S2. The van der Waals surface area contributed by atoms with E-state index in [0.717, 1.165) is 30.3 Å². The molecule has 6 aromatic rings. The average Bonchev–Trinajstić information content (AvgIpc) is 3.36. The number of aliphatic carboxylic acids is 1. The van der Waals surface area contributed by atoms with Crippen molar-refractivity contribution >= 4 is 69.8 Å². The molecule has 0 aliphatic rings. The molecule has 0 saturated carbocycles. The average molecular weight is 712 g/mol. The van der Waals surface area contributed by atoms with Gasteiger partial charge in [0.15, 0.2) is 10.9 Å². The molecule has 256 valence electrons. The first kappa shape index (κ1) is 33.5. The first-order valence-corrected chi connectivity index (χ1v) is 17.8. The highest BCUT2D eigenvalue weighted by Crippen LogP contribution is 2.29. The molecule has 3 heterocycles. The zero-order valence-corrected chi connectivity index (χ0v) is 27.4. The molecule has 3 aromatic carbocycles. The van der Waals surface area contributed by atoms with Gasteiger partial charge in [0.1, 0.15) is 4.90 Å².